The summed E-state index contributed by atoms with van der Waals surface area (Å²) in [7, 11) is -2.93. The number of rotatable bonds is 5. The number of aryl methyl sites for hydroxylation is 1. The molecule has 3 rings (SSSR count). The topological polar surface area (TPSA) is 118 Å². The summed E-state index contributed by atoms with van der Waals surface area (Å²) >= 11 is 0. The zero-order valence-electron chi connectivity index (χ0n) is 16.9. The molecule has 2 aliphatic rings. The fourth-order valence-electron chi connectivity index (χ4n) is 3.70. The highest BCUT2D eigenvalue weighted by Crippen LogP contribution is 2.41. The lowest BCUT2D eigenvalue weighted by atomic mass is 9.84. The summed E-state index contributed by atoms with van der Waals surface area (Å²) in [6.07, 6.45) is -6.75. The fourth-order valence-corrected chi connectivity index (χ4v) is 4.80. The number of benzene rings is 1. The number of ether oxygens (including phenoxy) is 4. The van der Waals surface area contributed by atoms with Gasteiger partial charge in [0.05, 0.1) is 4.90 Å². The van der Waals surface area contributed by atoms with Gasteiger partial charge in [0.1, 0.15) is 30.5 Å². The number of aliphatic hydroxyl groups is 1. The Hall–Kier alpha value is -1.56. The molecule has 6 atom stereocenters. The molecule has 29 heavy (non-hydrogen) atoms. The van der Waals surface area contributed by atoms with Crippen molar-refractivity contribution in [3.63, 3.8) is 0 Å². The highest BCUT2D eigenvalue weighted by molar-refractivity contribution is 7.86. The molecule has 1 aliphatic carbocycles. The average molecular weight is 430 g/mol. The van der Waals surface area contributed by atoms with Crippen LogP contribution in [0.5, 0.6) is 0 Å². The van der Waals surface area contributed by atoms with Crippen molar-refractivity contribution in [3.8, 4) is 0 Å². The van der Waals surface area contributed by atoms with Crippen molar-refractivity contribution >= 4 is 16.1 Å². The second kappa shape index (κ2) is 7.93. The number of hydrogen-bond donors (Lipinski definition) is 1. The van der Waals surface area contributed by atoms with E-state index >= 15 is 0 Å². The Kier molecular flexibility index (Phi) is 6.06. The van der Waals surface area contributed by atoms with Crippen LogP contribution in [0.1, 0.15) is 26.3 Å². The van der Waals surface area contributed by atoms with E-state index in [1.165, 1.54) is 26.2 Å². The Morgan fingerprint density at radius 1 is 1.07 bits per heavy atom. The quantitative estimate of drug-likeness (QED) is 0.537. The monoisotopic (exact) mass is 430 g/mol. The molecular formula is C19H26O9S. The first-order valence-corrected chi connectivity index (χ1v) is 10.6. The van der Waals surface area contributed by atoms with Crippen molar-refractivity contribution in [1.29, 1.82) is 0 Å². The molecule has 0 radical (unpaired) electrons. The van der Waals surface area contributed by atoms with Gasteiger partial charge in [0.2, 0.25) is 0 Å². The van der Waals surface area contributed by atoms with Crippen LogP contribution in [0.4, 0.5) is 0 Å². The summed E-state index contributed by atoms with van der Waals surface area (Å²) in [6.45, 7) is 6.33. The van der Waals surface area contributed by atoms with Crippen molar-refractivity contribution in [3.05, 3.63) is 29.8 Å². The molecule has 2 fully saturated rings. The first-order chi connectivity index (χ1) is 13.4. The number of methoxy groups -OCH3 is 1. The van der Waals surface area contributed by atoms with E-state index in [1.807, 2.05) is 6.92 Å². The predicted octanol–water partition coefficient (Wildman–Crippen LogP) is 0.910. The van der Waals surface area contributed by atoms with Gasteiger partial charge in [0.15, 0.2) is 11.9 Å². The van der Waals surface area contributed by atoms with Crippen LogP contribution in [0.2, 0.25) is 0 Å². The molecular weight excluding hydrogens is 404 g/mol. The molecule has 1 N–H and O–H groups in total. The van der Waals surface area contributed by atoms with E-state index < -0.39 is 58.5 Å². The van der Waals surface area contributed by atoms with E-state index in [0.29, 0.717) is 0 Å². The zero-order chi connectivity index (χ0) is 21.6. The van der Waals surface area contributed by atoms with Crippen molar-refractivity contribution in [2.45, 2.75) is 75.0 Å². The Balaban J connectivity index is 1.95. The third-order valence-corrected chi connectivity index (χ3v) is 6.25. The largest absolute Gasteiger partial charge is 0.457 e. The van der Waals surface area contributed by atoms with E-state index in [-0.39, 0.29) is 4.90 Å². The van der Waals surface area contributed by atoms with E-state index in [2.05, 4.69) is 0 Å². The third kappa shape index (κ3) is 4.47. The molecule has 0 bridgehead atoms. The van der Waals surface area contributed by atoms with E-state index in [1.54, 1.807) is 26.0 Å². The highest BCUT2D eigenvalue weighted by atomic mass is 32.2. The Morgan fingerprint density at radius 3 is 2.21 bits per heavy atom. The van der Waals surface area contributed by atoms with Gasteiger partial charge >= 0.3 is 5.97 Å². The van der Waals surface area contributed by atoms with Crippen molar-refractivity contribution in [2.75, 3.05) is 7.11 Å². The molecule has 162 valence electrons. The molecule has 1 aliphatic heterocycles. The van der Waals surface area contributed by atoms with Gasteiger partial charge in [-0.15, -0.1) is 0 Å². The molecule has 1 aromatic carbocycles. The average Bonchev–Trinajstić information content (AvgIpc) is 2.95. The molecule has 0 aromatic heterocycles. The van der Waals surface area contributed by atoms with E-state index in [9.17, 15) is 18.3 Å². The standard InChI is InChI=1S/C19H26O9S/c1-10-6-8-12(9-7-10)29(22,23)28-15-13(21)14-18(27-19(3,4)26-14)17(16(15)24-5)25-11(2)20/h6-9,13-18,21H,1-5H3/t13-,14-,15+,16-,17-,18-/m0/s1. The molecule has 1 heterocycles. The van der Waals surface area contributed by atoms with Crippen LogP contribution in [0, 0.1) is 6.92 Å². The van der Waals surface area contributed by atoms with Crippen LogP contribution in [-0.2, 0) is 38.0 Å². The maximum atomic E-state index is 12.8. The minimum atomic E-state index is -4.24. The van der Waals surface area contributed by atoms with Gasteiger partial charge in [-0.1, -0.05) is 17.7 Å². The summed E-state index contributed by atoms with van der Waals surface area (Å²) in [5, 5.41) is 10.9. The van der Waals surface area contributed by atoms with Crippen LogP contribution in [0.15, 0.2) is 29.2 Å². The molecule has 1 saturated carbocycles. The molecule has 1 aromatic rings. The summed E-state index contributed by atoms with van der Waals surface area (Å²) in [4.78, 5) is 11.6. The maximum Gasteiger partial charge on any atom is 0.303 e. The van der Waals surface area contributed by atoms with Crippen LogP contribution >= 0.6 is 0 Å². The second-order valence-electron chi connectivity index (χ2n) is 7.66. The first kappa shape index (κ1) is 22.1. The van der Waals surface area contributed by atoms with Gasteiger partial charge in [0.25, 0.3) is 10.1 Å². The Morgan fingerprint density at radius 2 is 1.66 bits per heavy atom. The van der Waals surface area contributed by atoms with Gasteiger partial charge < -0.3 is 24.1 Å². The number of hydrogen-bond acceptors (Lipinski definition) is 9. The number of aliphatic hydroxyl groups excluding tert-OH is 1. The molecule has 10 heteroatoms. The normalized spacial score (nSPS) is 33.9. The zero-order valence-corrected chi connectivity index (χ0v) is 17.7. The van der Waals surface area contributed by atoms with Gasteiger partial charge in [0, 0.05) is 14.0 Å². The summed E-state index contributed by atoms with van der Waals surface area (Å²) in [5.74, 6) is -1.68. The number of carbonyl (C=O) groups is 1. The molecule has 0 unspecified atom stereocenters. The minimum absolute atomic E-state index is 0.0692. The number of carbonyl (C=O) groups excluding carboxylic acids is 1. The molecule has 0 spiro atoms. The maximum absolute atomic E-state index is 12.8. The lowest BCUT2D eigenvalue weighted by molar-refractivity contribution is -0.209. The van der Waals surface area contributed by atoms with Crippen LogP contribution < -0.4 is 0 Å². The van der Waals surface area contributed by atoms with Gasteiger partial charge in [-0.05, 0) is 32.9 Å². The van der Waals surface area contributed by atoms with Gasteiger partial charge in [-0.25, -0.2) is 0 Å². The van der Waals surface area contributed by atoms with Gasteiger partial charge in [-0.2, -0.15) is 8.42 Å². The first-order valence-electron chi connectivity index (χ1n) is 9.19. The van der Waals surface area contributed by atoms with Crippen LogP contribution in [-0.4, -0.2) is 69.0 Å². The Bertz CT molecular complexity index is 849. The minimum Gasteiger partial charge on any atom is -0.457 e. The van der Waals surface area contributed by atoms with Crippen molar-refractivity contribution in [2.24, 2.45) is 0 Å². The summed E-state index contributed by atoms with van der Waals surface area (Å²) in [6, 6.07) is 6.09. The van der Waals surface area contributed by atoms with E-state index in [4.69, 9.17) is 23.1 Å². The number of fused-ring (bicyclic) bond motifs is 1. The highest BCUT2D eigenvalue weighted by Gasteiger charge is 2.61. The molecule has 9 nitrogen and oxygen atoms in total. The van der Waals surface area contributed by atoms with Crippen LogP contribution in [0.3, 0.4) is 0 Å². The van der Waals surface area contributed by atoms with Crippen molar-refractivity contribution in [1.82, 2.24) is 0 Å². The van der Waals surface area contributed by atoms with E-state index in [0.717, 1.165) is 5.56 Å². The summed E-state index contributed by atoms with van der Waals surface area (Å²) < 4.78 is 53.3. The Labute approximate surface area is 170 Å². The predicted molar refractivity (Wildman–Crippen MR) is 99.4 cm³/mol. The molecule has 0 amide bonds. The summed E-state index contributed by atoms with van der Waals surface area (Å²) in [5.41, 5.74) is 0.882. The lowest BCUT2D eigenvalue weighted by Gasteiger charge is -2.43. The second-order valence-corrected chi connectivity index (χ2v) is 9.23. The SMILES string of the molecule is CO[C@@H]1[C@H](OC(C)=O)[C@H]2OC(C)(C)O[C@H]2[C@H](O)[C@H]1OS(=O)(=O)c1ccc(C)cc1. The number of esters is 1. The van der Waals surface area contributed by atoms with Crippen LogP contribution in [0.25, 0.3) is 0 Å². The smallest absolute Gasteiger partial charge is 0.303 e. The fraction of sp³-hybridized carbons (Fsp3) is 0.632. The van der Waals surface area contributed by atoms with Gasteiger partial charge in [-0.3, -0.25) is 8.98 Å². The van der Waals surface area contributed by atoms with Crippen molar-refractivity contribution < 1.29 is 41.4 Å². The lowest BCUT2D eigenvalue weighted by Crippen LogP contribution is -2.65. The molecule has 1 saturated heterocycles. The third-order valence-electron chi connectivity index (χ3n) is 4.93.